The van der Waals surface area contributed by atoms with Gasteiger partial charge in [-0.2, -0.15) is 13.2 Å². The lowest BCUT2D eigenvalue weighted by molar-refractivity contribution is -0.294. The van der Waals surface area contributed by atoms with Crippen LogP contribution in [0.15, 0.2) is 11.6 Å². The molecule has 1 nitrogen and oxygen atoms in total. The molecule has 1 saturated heterocycles. The van der Waals surface area contributed by atoms with Crippen molar-refractivity contribution in [2.45, 2.75) is 101 Å². The van der Waals surface area contributed by atoms with Crippen LogP contribution in [0.5, 0.6) is 0 Å². The molecule has 1 spiro atoms. The first-order valence-corrected chi connectivity index (χ1v) is 17.9. The molecule has 7 heteroatoms. The van der Waals surface area contributed by atoms with E-state index in [9.17, 15) is 13.2 Å². The van der Waals surface area contributed by atoms with E-state index in [1.54, 1.807) is 5.57 Å². The van der Waals surface area contributed by atoms with Crippen LogP contribution >= 0.6 is 23.5 Å². The zero-order chi connectivity index (χ0) is 23.2. The summed E-state index contributed by atoms with van der Waals surface area (Å²) in [6, 6.07) is 0. The van der Waals surface area contributed by atoms with Gasteiger partial charge in [-0.1, -0.05) is 25.5 Å². The van der Waals surface area contributed by atoms with Gasteiger partial charge in [0, 0.05) is 16.9 Å². The molecule has 0 amide bonds. The molecule has 6 atom stereocenters. The number of rotatable bonds is 2. The molecule has 3 saturated carbocycles. The van der Waals surface area contributed by atoms with Gasteiger partial charge in [-0.25, -0.2) is 0 Å². The Kier molecular flexibility index (Phi) is 5.62. The van der Waals surface area contributed by atoms with E-state index in [0.29, 0.717) is 24.7 Å². The van der Waals surface area contributed by atoms with Gasteiger partial charge in [0.2, 0.25) is 0 Å². The molecule has 0 aromatic rings. The Morgan fingerprint density at radius 3 is 2.22 bits per heavy atom. The number of fused-ring (bicyclic) bond motifs is 5. The zero-order valence-electron chi connectivity index (χ0n) is 20.2. The molecule has 1 aliphatic heterocycles. The van der Waals surface area contributed by atoms with Gasteiger partial charge in [0.05, 0.1) is 4.08 Å². The van der Waals surface area contributed by atoms with Crippen LogP contribution in [-0.4, -0.2) is 35.7 Å². The number of halogens is 3. The molecule has 1 heterocycles. The van der Waals surface area contributed by atoms with Crippen LogP contribution in [-0.2, 0) is 4.43 Å². The fourth-order valence-electron chi connectivity index (χ4n) is 8.59. The van der Waals surface area contributed by atoms with Crippen LogP contribution in [0.25, 0.3) is 0 Å². The molecule has 182 valence electrons. The number of hydrogen-bond donors (Lipinski definition) is 0. The minimum Gasteiger partial charge on any atom is -0.403 e. The molecule has 0 radical (unpaired) electrons. The maximum atomic E-state index is 14.8. The number of alkyl halides is 3. The Balaban J connectivity index is 1.48. The highest BCUT2D eigenvalue weighted by Crippen LogP contribution is 2.72. The van der Waals surface area contributed by atoms with Gasteiger partial charge in [-0.05, 0) is 94.2 Å². The van der Waals surface area contributed by atoms with E-state index in [4.69, 9.17) is 4.43 Å². The quantitative estimate of drug-likeness (QED) is 0.277. The van der Waals surface area contributed by atoms with Gasteiger partial charge in [-0.15, -0.1) is 23.5 Å². The third-order valence-electron chi connectivity index (χ3n) is 9.96. The summed E-state index contributed by atoms with van der Waals surface area (Å²) in [7, 11) is -2.37. The van der Waals surface area contributed by atoms with E-state index >= 15 is 0 Å². The first-order chi connectivity index (χ1) is 14.8. The molecule has 0 aromatic carbocycles. The van der Waals surface area contributed by atoms with Gasteiger partial charge in [-0.3, -0.25) is 0 Å². The SMILES string of the molecule is C[C@]12CCC3(C=C1CC[C@@H]1[C@@H]2CC[C@@]2(C)[C@H]1CC[C@@]2(O[Si](C)(C)C)C(F)(F)F)SCCS3. The van der Waals surface area contributed by atoms with Crippen molar-refractivity contribution in [3.63, 3.8) is 0 Å². The largest absolute Gasteiger partial charge is 0.416 e. The summed E-state index contributed by atoms with van der Waals surface area (Å²) in [5.41, 5.74) is -0.932. The van der Waals surface area contributed by atoms with Crippen LogP contribution in [0.3, 0.4) is 0 Å². The van der Waals surface area contributed by atoms with Crippen LogP contribution < -0.4 is 0 Å². The van der Waals surface area contributed by atoms with Crippen LogP contribution in [0.2, 0.25) is 19.6 Å². The van der Waals surface area contributed by atoms with Crippen molar-refractivity contribution in [3.8, 4) is 0 Å². The molecule has 5 aliphatic rings. The molecule has 32 heavy (non-hydrogen) atoms. The third-order valence-corrected chi connectivity index (χ3v) is 14.3. The first-order valence-electron chi connectivity index (χ1n) is 12.5. The van der Waals surface area contributed by atoms with E-state index in [2.05, 4.69) is 36.5 Å². The molecule has 4 aliphatic carbocycles. The zero-order valence-corrected chi connectivity index (χ0v) is 22.9. The van der Waals surface area contributed by atoms with Crippen molar-refractivity contribution in [2.24, 2.45) is 28.6 Å². The smallest absolute Gasteiger partial charge is 0.403 e. The highest BCUT2D eigenvalue weighted by molar-refractivity contribution is 8.21. The summed E-state index contributed by atoms with van der Waals surface area (Å²) >= 11 is 4.24. The molecule has 0 aromatic heterocycles. The van der Waals surface area contributed by atoms with Gasteiger partial charge in [0.25, 0.3) is 0 Å². The van der Waals surface area contributed by atoms with E-state index in [1.165, 1.54) is 24.3 Å². The Bertz CT molecular complexity index is 802. The third kappa shape index (κ3) is 3.36. The van der Waals surface area contributed by atoms with Crippen molar-refractivity contribution in [3.05, 3.63) is 11.6 Å². The molecular formula is C25H39F3OS2Si. The summed E-state index contributed by atoms with van der Waals surface area (Å²) in [5, 5.41) is 0. The Hall–Kier alpha value is 0.407. The minimum absolute atomic E-state index is 0.128. The highest BCUT2D eigenvalue weighted by Gasteiger charge is 2.74. The second kappa shape index (κ2) is 7.46. The van der Waals surface area contributed by atoms with Gasteiger partial charge < -0.3 is 4.43 Å². The fourth-order valence-corrected chi connectivity index (χ4v) is 13.2. The average molecular weight is 505 g/mol. The highest BCUT2D eigenvalue weighted by atomic mass is 32.2. The molecule has 0 unspecified atom stereocenters. The van der Waals surface area contributed by atoms with Gasteiger partial charge in [0.15, 0.2) is 13.9 Å². The van der Waals surface area contributed by atoms with E-state index < -0.39 is 25.5 Å². The molecule has 0 N–H and O–H groups in total. The van der Waals surface area contributed by atoms with E-state index in [-0.39, 0.29) is 21.8 Å². The lowest BCUT2D eigenvalue weighted by Gasteiger charge is -2.61. The Labute approximate surface area is 201 Å². The average Bonchev–Trinajstić information content (AvgIpc) is 3.24. The molecule has 5 rings (SSSR count). The summed E-state index contributed by atoms with van der Waals surface area (Å²) in [6.45, 7) is 10.2. The lowest BCUT2D eigenvalue weighted by Crippen LogP contribution is -2.63. The monoisotopic (exact) mass is 504 g/mol. The Morgan fingerprint density at radius 1 is 0.938 bits per heavy atom. The van der Waals surface area contributed by atoms with Crippen molar-refractivity contribution in [1.82, 2.24) is 0 Å². The predicted molar refractivity (Wildman–Crippen MR) is 133 cm³/mol. The standard InChI is InChI=1S/C25H39F3OS2Si/c1-21-12-13-23(30-14-15-31-23)16-17(21)6-7-18-19(21)8-10-22(2)20(18)9-11-24(22,25(26,27)28)29-32(3,4)5/h16,18-20H,6-15H2,1-5H3/t18-,19+,20+,21+,22+,24+/m1/s1. The predicted octanol–water partition coefficient (Wildman–Crippen LogP) is 8.28. The van der Waals surface area contributed by atoms with Crippen molar-refractivity contribution in [2.75, 3.05) is 11.5 Å². The van der Waals surface area contributed by atoms with Gasteiger partial charge in [0.1, 0.15) is 0 Å². The van der Waals surface area contributed by atoms with Gasteiger partial charge >= 0.3 is 6.18 Å². The second-order valence-corrected chi connectivity index (χ2v) is 20.1. The topological polar surface area (TPSA) is 9.23 Å². The summed E-state index contributed by atoms with van der Waals surface area (Å²) < 4.78 is 50.8. The second-order valence-electron chi connectivity index (χ2n) is 12.5. The minimum atomic E-state index is -4.30. The van der Waals surface area contributed by atoms with E-state index in [1.807, 2.05) is 26.6 Å². The molecule has 0 bridgehead atoms. The van der Waals surface area contributed by atoms with Crippen LogP contribution in [0.1, 0.15) is 65.2 Å². The summed E-state index contributed by atoms with van der Waals surface area (Å²) in [5.74, 6) is 3.56. The number of allylic oxidation sites excluding steroid dienone is 1. The molecular weight excluding hydrogens is 465 g/mol. The summed E-state index contributed by atoms with van der Waals surface area (Å²) in [4.78, 5) is 0. The molecule has 4 fully saturated rings. The van der Waals surface area contributed by atoms with E-state index in [0.717, 1.165) is 19.3 Å². The normalized spacial score (nSPS) is 45.9. The van der Waals surface area contributed by atoms with Crippen molar-refractivity contribution < 1.29 is 17.6 Å². The maximum Gasteiger partial charge on any atom is 0.416 e. The lowest BCUT2D eigenvalue weighted by atomic mass is 9.46. The van der Waals surface area contributed by atoms with Crippen molar-refractivity contribution >= 4 is 31.8 Å². The van der Waals surface area contributed by atoms with Crippen LogP contribution in [0, 0.1) is 28.6 Å². The number of thioether (sulfide) groups is 2. The first kappa shape index (κ1) is 24.1. The fraction of sp³-hybridized carbons (Fsp3) is 0.920. The van der Waals surface area contributed by atoms with Crippen molar-refractivity contribution in [1.29, 1.82) is 0 Å². The maximum absolute atomic E-state index is 14.8. The summed E-state index contributed by atoms with van der Waals surface area (Å²) in [6.07, 6.45) is 5.30. The Morgan fingerprint density at radius 2 is 1.59 bits per heavy atom. The number of hydrogen-bond acceptors (Lipinski definition) is 3. The van der Waals surface area contributed by atoms with Crippen LogP contribution in [0.4, 0.5) is 13.2 Å².